The van der Waals surface area contributed by atoms with E-state index in [2.05, 4.69) is 16.2 Å². The van der Waals surface area contributed by atoms with E-state index in [9.17, 15) is 4.79 Å². The zero-order valence-electron chi connectivity index (χ0n) is 17.0. The van der Waals surface area contributed by atoms with Crippen LogP contribution in [0.1, 0.15) is 17.5 Å². The first kappa shape index (κ1) is 21.4. The van der Waals surface area contributed by atoms with Gasteiger partial charge in [0, 0.05) is 34.2 Å². The number of thioether (sulfide) groups is 1. The fourth-order valence-electron chi connectivity index (χ4n) is 3.25. The SMILES string of the molecule is C[N+]#Cc1cc2cc3c(cc2nc1SCC(=O)NC1=CC(Cl)=CC=CC1)OCCOC3. The number of pyridine rings is 1. The Morgan fingerprint density at radius 2 is 2.26 bits per heavy atom. The highest BCUT2D eigenvalue weighted by Crippen LogP contribution is 2.31. The Morgan fingerprint density at radius 3 is 3.13 bits per heavy atom. The van der Waals surface area contributed by atoms with E-state index < -0.39 is 0 Å². The number of halogens is 1. The van der Waals surface area contributed by atoms with Gasteiger partial charge in [0.25, 0.3) is 7.05 Å². The molecule has 0 fully saturated rings. The van der Waals surface area contributed by atoms with E-state index in [1.807, 2.05) is 30.4 Å². The van der Waals surface area contributed by atoms with Crippen molar-refractivity contribution in [2.24, 2.45) is 0 Å². The maximum atomic E-state index is 12.5. The van der Waals surface area contributed by atoms with Gasteiger partial charge in [-0.2, -0.15) is 0 Å². The van der Waals surface area contributed by atoms with Crippen molar-refractivity contribution in [1.82, 2.24) is 10.3 Å². The Kier molecular flexibility index (Phi) is 6.92. The Hall–Kier alpha value is -2.79. The minimum Gasteiger partial charge on any atom is -0.491 e. The molecule has 6 nitrogen and oxygen atoms in total. The van der Waals surface area contributed by atoms with Crippen LogP contribution in [0.15, 0.2) is 58.3 Å². The highest BCUT2D eigenvalue weighted by molar-refractivity contribution is 8.00. The van der Waals surface area contributed by atoms with Crippen LogP contribution in [0.4, 0.5) is 0 Å². The van der Waals surface area contributed by atoms with Crippen molar-refractivity contribution in [3.05, 3.63) is 69.2 Å². The van der Waals surface area contributed by atoms with Gasteiger partial charge < -0.3 is 14.8 Å². The van der Waals surface area contributed by atoms with Gasteiger partial charge in [0.2, 0.25) is 5.91 Å². The van der Waals surface area contributed by atoms with Gasteiger partial charge in [0.05, 0.1) is 24.5 Å². The summed E-state index contributed by atoms with van der Waals surface area (Å²) in [7, 11) is 1.66. The first-order chi connectivity index (χ1) is 15.1. The molecule has 0 unspecified atom stereocenters. The largest absolute Gasteiger partial charge is 0.491 e. The van der Waals surface area contributed by atoms with E-state index in [1.165, 1.54) is 11.8 Å². The number of amides is 1. The molecule has 1 aromatic carbocycles. The van der Waals surface area contributed by atoms with Gasteiger partial charge in [0.1, 0.15) is 22.9 Å². The number of carbonyl (C=O) groups excluding carboxylic acids is 1. The molecule has 2 aromatic rings. The third-order valence-electron chi connectivity index (χ3n) is 4.62. The quantitative estimate of drug-likeness (QED) is 0.682. The number of nitrogens with zero attached hydrogens (tertiary/aromatic N) is 2. The molecule has 0 radical (unpaired) electrons. The molecule has 158 valence electrons. The van der Waals surface area contributed by atoms with Gasteiger partial charge in [-0.3, -0.25) is 4.79 Å². The third kappa shape index (κ3) is 5.47. The van der Waals surface area contributed by atoms with Crippen molar-refractivity contribution >= 4 is 40.2 Å². The zero-order valence-corrected chi connectivity index (χ0v) is 18.6. The number of hydrogen-bond acceptors (Lipinski definition) is 5. The van der Waals surface area contributed by atoms with Crippen molar-refractivity contribution in [3.63, 3.8) is 0 Å². The number of benzene rings is 1. The summed E-state index contributed by atoms with van der Waals surface area (Å²) in [6.45, 7) is 1.58. The minimum atomic E-state index is -0.125. The molecule has 4 rings (SSSR count). The fourth-order valence-corrected chi connectivity index (χ4v) is 4.21. The van der Waals surface area contributed by atoms with E-state index >= 15 is 0 Å². The monoisotopic (exact) mass is 454 g/mol. The smallest absolute Gasteiger partial charge is 0.313 e. The van der Waals surface area contributed by atoms with Gasteiger partial charge in [-0.1, -0.05) is 40.4 Å². The van der Waals surface area contributed by atoms with E-state index in [1.54, 1.807) is 19.2 Å². The van der Waals surface area contributed by atoms with Gasteiger partial charge in [0.15, 0.2) is 0 Å². The minimum absolute atomic E-state index is 0.125. The van der Waals surface area contributed by atoms with Gasteiger partial charge in [-0.15, -0.1) is 0 Å². The summed E-state index contributed by atoms with van der Waals surface area (Å²) in [6.07, 6.45) is 7.98. The Labute approximate surface area is 189 Å². The second kappa shape index (κ2) is 10.0. The van der Waals surface area contributed by atoms with Gasteiger partial charge in [-0.25, -0.2) is 4.98 Å². The predicted molar refractivity (Wildman–Crippen MR) is 124 cm³/mol. The van der Waals surface area contributed by atoms with Crippen LogP contribution in [-0.2, 0) is 16.1 Å². The second-order valence-electron chi connectivity index (χ2n) is 6.92. The van der Waals surface area contributed by atoms with Crippen molar-refractivity contribution in [2.45, 2.75) is 18.1 Å². The summed E-state index contributed by atoms with van der Waals surface area (Å²) in [5.41, 5.74) is 3.28. The molecule has 2 heterocycles. The van der Waals surface area contributed by atoms with Crippen LogP contribution in [0, 0.1) is 6.07 Å². The topological polar surface area (TPSA) is 64.8 Å². The van der Waals surface area contributed by atoms with Crippen LogP contribution in [0.3, 0.4) is 0 Å². The van der Waals surface area contributed by atoms with Gasteiger partial charge >= 0.3 is 6.07 Å². The molecule has 1 aliphatic heterocycles. The number of ether oxygens (including phenoxy) is 2. The summed E-state index contributed by atoms with van der Waals surface area (Å²) >= 11 is 7.42. The second-order valence-corrected chi connectivity index (χ2v) is 8.32. The lowest BCUT2D eigenvalue weighted by atomic mass is 10.1. The molecule has 0 atom stereocenters. The maximum Gasteiger partial charge on any atom is 0.313 e. The fraction of sp³-hybridized carbons (Fsp3) is 0.261. The number of aromatic nitrogens is 1. The molecule has 0 saturated carbocycles. The van der Waals surface area contributed by atoms with Crippen molar-refractivity contribution in [3.8, 4) is 11.8 Å². The molecule has 1 aliphatic carbocycles. The lowest BCUT2D eigenvalue weighted by molar-refractivity contribution is -0.117. The highest BCUT2D eigenvalue weighted by atomic mass is 35.5. The van der Waals surface area contributed by atoms with Crippen molar-refractivity contribution < 1.29 is 14.3 Å². The van der Waals surface area contributed by atoms with E-state index in [4.69, 9.17) is 26.1 Å². The molecular formula is C23H21ClN3O3S+. The molecule has 0 spiro atoms. The van der Waals surface area contributed by atoms with E-state index in [-0.39, 0.29) is 11.7 Å². The number of hydrogen-bond donors (Lipinski definition) is 1. The number of carbonyl (C=O) groups is 1. The number of nitrogens with one attached hydrogen (secondary N) is 1. The molecular weight excluding hydrogens is 434 g/mol. The van der Waals surface area contributed by atoms with Gasteiger partial charge in [-0.05, 0) is 24.3 Å². The van der Waals surface area contributed by atoms with Crippen LogP contribution < -0.4 is 10.1 Å². The molecule has 1 amide bonds. The average molecular weight is 455 g/mol. The third-order valence-corrected chi connectivity index (χ3v) is 5.84. The van der Waals surface area contributed by atoms with E-state index in [0.717, 1.165) is 33.5 Å². The van der Waals surface area contributed by atoms with E-state index in [0.29, 0.717) is 36.3 Å². The molecule has 1 aromatic heterocycles. The van der Waals surface area contributed by atoms with Crippen LogP contribution in [0.2, 0.25) is 0 Å². The lowest BCUT2D eigenvalue weighted by Crippen LogP contribution is -2.24. The van der Waals surface area contributed by atoms with Crippen LogP contribution in [0.5, 0.6) is 5.75 Å². The Balaban J connectivity index is 1.55. The standard InChI is InChI=1S/C23H20ClN3O3S/c1-25-12-16-8-15-9-17-13-29-6-7-30-21(17)11-20(15)27-23(16)31-14-22(28)26-19-5-3-2-4-18(24)10-19/h2-4,8-11H,5-7,13-14H2,1H3/p+1. The van der Waals surface area contributed by atoms with Crippen LogP contribution in [0.25, 0.3) is 15.7 Å². The number of allylic oxidation sites excluding steroid dienone is 5. The Bertz CT molecular complexity index is 1180. The predicted octanol–water partition coefficient (Wildman–Crippen LogP) is 4.63. The summed E-state index contributed by atoms with van der Waals surface area (Å²) in [6, 6.07) is 8.90. The summed E-state index contributed by atoms with van der Waals surface area (Å²) in [5, 5.41) is 5.13. The first-order valence-electron chi connectivity index (χ1n) is 9.81. The van der Waals surface area contributed by atoms with Crippen LogP contribution in [-0.4, -0.2) is 36.9 Å². The van der Waals surface area contributed by atoms with Crippen LogP contribution >= 0.6 is 23.4 Å². The molecule has 0 bridgehead atoms. The summed E-state index contributed by atoms with van der Waals surface area (Å²) < 4.78 is 11.3. The average Bonchev–Trinajstić information content (AvgIpc) is 3.10. The molecule has 1 N–H and O–H groups in total. The maximum absolute atomic E-state index is 12.5. The summed E-state index contributed by atoms with van der Waals surface area (Å²) in [5.74, 6) is 0.860. The zero-order chi connectivity index (χ0) is 21.6. The molecule has 8 heteroatoms. The number of fused-ring (bicyclic) bond motifs is 2. The highest BCUT2D eigenvalue weighted by Gasteiger charge is 2.16. The normalized spacial score (nSPS) is 15.4. The summed E-state index contributed by atoms with van der Waals surface area (Å²) in [4.78, 5) is 21.3. The molecule has 0 saturated heterocycles. The lowest BCUT2D eigenvalue weighted by Gasteiger charge is -2.10. The van der Waals surface area contributed by atoms with Crippen molar-refractivity contribution in [1.29, 1.82) is 0 Å². The molecule has 31 heavy (non-hydrogen) atoms. The number of rotatable bonds is 4. The molecule has 2 aliphatic rings. The van der Waals surface area contributed by atoms with Crippen molar-refractivity contribution in [2.75, 3.05) is 26.0 Å². The first-order valence-corrected chi connectivity index (χ1v) is 11.2. The Morgan fingerprint density at radius 1 is 1.35 bits per heavy atom.